The number of likely N-dealkylation sites (N-methyl/N-ethyl adjacent to an activating group) is 1. The second-order valence-corrected chi connectivity index (χ2v) is 7.73. The van der Waals surface area contributed by atoms with Gasteiger partial charge in [-0.1, -0.05) is 0 Å². The maximum absolute atomic E-state index is 11.9. The van der Waals surface area contributed by atoms with Crippen LogP contribution < -0.4 is 0 Å². The zero-order valence-corrected chi connectivity index (χ0v) is 11.6. The first-order chi connectivity index (χ1) is 8.00. The lowest BCUT2D eigenvalue weighted by molar-refractivity contribution is -0.127. The van der Waals surface area contributed by atoms with E-state index in [1.165, 1.54) is 0 Å². The van der Waals surface area contributed by atoms with E-state index in [2.05, 4.69) is 0 Å². The summed E-state index contributed by atoms with van der Waals surface area (Å²) in [7, 11) is -1.40. The van der Waals surface area contributed by atoms with Gasteiger partial charge in [0.05, 0.1) is 12.3 Å². The third-order valence-electron chi connectivity index (χ3n) is 3.29. The molecule has 0 aromatic heterocycles. The Morgan fingerprint density at radius 1 is 1.53 bits per heavy atom. The molecular weight excluding hydrogens is 260 g/mol. The number of hydrogen-bond acceptors (Lipinski definition) is 5. The molecule has 1 atom stereocenters. The van der Waals surface area contributed by atoms with Gasteiger partial charge in [-0.25, -0.2) is 12.7 Å². The monoisotopic (exact) mass is 278 g/mol. The van der Waals surface area contributed by atoms with Gasteiger partial charge in [0.1, 0.15) is 0 Å². The minimum atomic E-state index is -3.30. The van der Waals surface area contributed by atoms with E-state index >= 15 is 0 Å². The molecular formula is C10H18N2O3S2. The minimum absolute atomic E-state index is 0.113. The standard InChI is InChI=1S/C10H18N2O3S2/c1-11(9-3-5-16-8-9)7-10(13)12-4-2-6-17(12,14)15/h9H,2-8H2,1H3/t9-/m0/s1. The molecule has 17 heavy (non-hydrogen) atoms. The zero-order chi connectivity index (χ0) is 12.5. The number of thioether (sulfide) groups is 1. The summed E-state index contributed by atoms with van der Waals surface area (Å²) in [6.45, 7) is 0.568. The average Bonchev–Trinajstić information content (AvgIpc) is 2.85. The molecule has 0 saturated carbocycles. The predicted octanol–water partition coefficient (Wildman–Crippen LogP) is -0.0142. The van der Waals surface area contributed by atoms with Crippen molar-refractivity contribution in [1.29, 1.82) is 0 Å². The van der Waals surface area contributed by atoms with Gasteiger partial charge in [-0.15, -0.1) is 0 Å². The first-order valence-corrected chi connectivity index (χ1v) is 8.58. The minimum Gasteiger partial charge on any atom is -0.294 e. The van der Waals surface area contributed by atoms with Crippen LogP contribution in [0.4, 0.5) is 0 Å². The molecule has 2 rings (SSSR count). The Balaban J connectivity index is 1.92. The molecule has 98 valence electrons. The number of rotatable bonds is 3. The SMILES string of the molecule is CN(CC(=O)N1CCCS1(=O)=O)[C@H]1CCSC1. The van der Waals surface area contributed by atoms with Crippen LogP contribution in [0.5, 0.6) is 0 Å². The van der Waals surface area contributed by atoms with Gasteiger partial charge >= 0.3 is 0 Å². The van der Waals surface area contributed by atoms with Crippen molar-refractivity contribution in [3.05, 3.63) is 0 Å². The Kier molecular flexibility index (Phi) is 3.99. The van der Waals surface area contributed by atoms with Crippen molar-refractivity contribution in [3.8, 4) is 0 Å². The fourth-order valence-electron chi connectivity index (χ4n) is 2.21. The molecule has 1 amide bonds. The van der Waals surface area contributed by atoms with Gasteiger partial charge in [-0.3, -0.25) is 9.69 Å². The lowest BCUT2D eigenvalue weighted by Crippen LogP contribution is -2.43. The number of carbonyl (C=O) groups is 1. The fourth-order valence-corrected chi connectivity index (χ4v) is 5.00. The van der Waals surface area contributed by atoms with E-state index in [0.717, 1.165) is 22.2 Å². The summed E-state index contributed by atoms with van der Waals surface area (Å²) >= 11 is 1.88. The lowest BCUT2D eigenvalue weighted by atomic mass is 10.2. The summed E-state index contributed by atoms with van der Waals surface area (Å²) in [6, 6.07) is 0.411. The topological polar surface area (TPSA) is 57.7 Å². The largest absolute Gasteiger partial charge is 0.294 e. The van der Waals surface area contributed by atoms with Crippen molar-refractivity contribution < 1.29 is 13.2 Å². The first-order valence-electron chi connectivity index (χ1n) is 5.82. The van der Waals surface area contributed by atoms with Crippen molar-refractivity contribution in [2.75, 3.05) is 37.4 Å². The first kappa shape index (κ1) is 13.2. The molecule has 2 aliphatic rings. The van der Waals surface area contributed by atoms with E-state index in [9.17, 15) is 13.2 Å². The molecule has 5 nitrogen and oxygen atoms in total. The third kappa shape index (κ3) is 2.95. The normalized spacial score (nSPS) is 27.9. The molecule has 2 fully saturated rings. The summed E-state index contributed by atoms with van der Waals surface area (Å²) in [6.07, 6.45) is 1.65. The van der Waals surface area contributed by atoms with Gasteiger partial charge in [-0.2, -0.15) is 11.8 Å². The molecule has 0 aliphatic carbocycles. The van der Waals surface area contributed by atoms with Crippen LogP contribution in [0.2, 0.25) is 0 Å². The second kappa shape index (κ2) is 5.16. The molecule has 0 bridgehead atoms. The van der Waals surface area contributed by atoms with E-state index < -0.39 is 10.0 Å². The quantitative estimate of drug-likeness (QED) is 0.726. The Hall–Kier alpha value is -0.270. The maximum Gasteiger partial charge on any atom is 0.250 e. The van der Waals surface area contributed by atoms with Crippen LogP contribution in [-0.2, 0) is 14.8 Å². The summed E-state index contributed by atoms with van der Waals surface area (Å²) in [4.78, 5) is 13.9. The molecule has 2 aliphatic heterocycles. The highest BCUT2D eigenvalue weighted by Crippen LogP contribution is 2.22. The van der Waals surface area contributed by atoms with Gasteiger partial charge in [0, 0.05) is 18.3 Å². The van der Waals surface area contributed by atoms with Crippen LogP contribution in [0.1, 0.15) is 12.8 Å². The molecule has 2 saturated heterocycles. The number of nitrogens with zero attached hydrogens (tertiary/aromatic N) is 2. The summed E-state index contributed by atoms with van der Waals surface area (Å²) in [5.74, 6) is 2.01. The van der Waals surface area contributed by atoms with Crippen LogP contribution in [0.3, 0.4) is 0 Å². The van der Waals surface area contributed by atoms with Gasteiger partial charge in [0.15, 0.2) is 0 Å². The van der Waals surface area contributed by atoms with Crippen molar-refractivity contribution in [3.63, 3.8) is 0 Å². The van der Waals surface area contributed by atoms with Gasteiger partial charge < -0.3 is 0 Å². The van der Waals surface area contributed by atoms with Crippen molar-refractivity contribution >= 4 is 27.7 Å². The van der Waals surface area contributed by atoms with Gasteiger partial charge in [0.25, 0.3) is 0 Å². The molecule has 0 radical (unpaired) electrons. The Morgan fingerprint density at radius 3 is 2.82 bits per heavy atom. The molecule has 0 spiro atoms. The highest BCUT2D eigenvalue weighted by Gasteiger charge is 2.33. The summed E-state index contributed by atoms with van der Waals surface area (Å²) < 4.78 is 24.2. The number of amides is 1. The van der Waals surface area contributed by atoms with E-state index in [-0.39, 0.29) is 18.2 Å². The van der Waals surface area contributed by atoms with E-state index in [1.807, 2.05) is 23.7 Å². The summed E-state index contributed by atoms with van der Waals surface area (Å²) in [5, 5.41) is 0. The van der Waals surface area contributed by atoms with Gasteiger partial charge in [0.2, 0.25) is 15.9 Å². The van der Waals surface area contributed by atoms with Crippen LogP contribution in [-0.4, -0.2) is 67.0 Å². The van der Waals surface area contributed by atoms with Crippen molar-refractivity contribution in [2.45, 2.75) is 18.9 Å². The highest BCUT2D eigenvalue weighted by atomic mass is 32.2. The summed E-state index contributed by atoms with van der Waals surface area (Å²) in [5.41, 5.74) is 0. The van der Waals surface area contributed by atoms with E-state index in [0.29, 0.717) is 19.0 Å². The fraction of sp³-hybridized carbons (Fsp3) is 0.900. The van der Waals surface area contributed by atoms with E-state index in [4.69, 9.17) is 0 Å². The molecule has 0 unspecified atom stereocenters. The molecule has 2 heterocycles. The van der Waals surface area contributed by atoms with Crippen LogP contribution in [0.25, 0.3) is 0 Å². The molecule has 0 aromatic carbocycles. The van der Waals surface area contributed by atoms with Crippen molar-refractivity contribution in [2.24, 2.45) is 0 Å². The molecule has 7 heteroatoms. The second-order valence-electron chi connectivity index (χ2n) is 4.57. The Morgan fingerprint density at radius 2 is 2.29 bits per heavy atom. The van der Waals surface area contributed by atoms with E-state index in [1.54, 1.807) is 0 Å². The lowest BCUT2D eigenvalue weighted by Gasteiger charge is -2.25. The predicted molar refractivity (Wildman–Crippen MR) is 68.5 cm³/mol. The Labute approximate surface area is 107 Å². The smallest absolute Gasteiger partial charge is 0.250 e. The third-order valence-corrected chi connectivity index (χ3v) is 6.30. The number of sulfonamides is 1. The maximum atomic E-state index is 11.9. The van der Waals surface area contributed by atoms with Crippen LogP contribution in [0, 0.1) is 0 Å². The average molecular weight is 278 g/mol. The Bertz CT molecular complexity index is 390. The highest BCUT2D eigenvalue weighted by molar-refractivity contribution is 7.99. The van der Waals surface area contributed by atoms with Crippen LogP contribution in [0.15, 0.2) is 0 Å². The van der Waals surface area contributed by atoms with Gasteiger partial charge in [-0.05, 0) is 25.6 Å². The number of carbonyl (C=O) groups excluding carboxylic acids is 1. The number of hydrogen-bond donors (Lipinski definition) is 0. The zero-order valence-electron chi connectivity index (χ0n) is 9.96. The van der Waals surface area contributed by atoms with Crippen molar-refractivity contribution in [1.82, 2.24) is 9.21 Å². The van der Waals surface area contributed by atoms with Crippen LogP contribution >= 0.6 is 11.8 Å². The molecule has 0 N–H and O–H groups in total. The molecule has 0 aromatic rings.